The van der Waals surface area contributed by atoms with Crippen molar-refractivity contribution in [3.8, 4) is 0 Å². The molecule has 128 valence electrons. The minimum atomic E-state index is -3.79. The van der Waals surface area contributed by atoms with Gasteiger partial charge in [-0.25, -0.2) is 8.42 Å². The van der Waals surface area contributed by atoms with Crippen LogP contribution in [0, 0.1) is 6.92 Å². The second-order valence-corrected chi connectivity index (χ2v) is 8.15. The lowest BCUT2D eigenvalue weighted by Crippen LogP contribution is -2.15. The number of hydrogen-bond acceptors (Lipinski definition) is 4. The van der Waals surface area contributed by atoms with E-state index in [0.717, 1.165) is 32.6 Å². The summed E-state index contributed by atoms with van der Waals surface area (Å²) in [5, 5.41) is 1.73. The van der Waals surface area contributed by atoms with Crippen molar-refractivity contribution in [1.29, 1.82) is 0 Å². The SMILES string of the molecule is Cc1ccc(C=CS(=O)(=O)Nc2c(C(N)=O)sc3ccccc23)cc1. The summed E-state index contributed by atoms with van der Waals surface area (Å²) in [7, 11) is -3.79. The summed E-state index contributed by atoms with van der Waals surface area (Å²) in [6, 6.07) is 14.6. The highest BCUT2D eigenvalue weighted by atomic mass is 32.2. The first-order chi connectivity index (χ1) is 11.9. The van der Waals surface area contributed by atoms with Gasteiger partial charge in [-0.2, -0.15) is 0 Å². The third-order valence-corrected chi connectivity index (χ3v) is 5.75. The molecule has 1 heterocycles. The number of nitrogens with two attached hydrogens (primary N) is 1. The molecular formula is C18H16N2O3S2. The van der Waals surface area contributed by atoms with E-state index >= 15 is 0 Å². The van der Waals surface area contributed by atoms with Gasteiger partial charge in [0.05, 0.1) is 11.1 Å². The lowest BCUT2D eigenvalue weighted by molar-refractivity contribution is 0.100. The average molecular weight is 372 g/mol. The molecule has 0 radical (unpaired) electrons. The van der Waals surface area contributed by atoms with Gasteiger partial charge in [0.25, 0.3) is 15.9 Å². The summed E-state index contributed by atoms with van der Waals surface area (Å²) in [5.41, 5.74) is 7.48. The number of carbonyl (C=O) groups is 1. The molecule has 0 bridgehead atoms. The van der Waals surface area contributed by atoms with E-state index in [2.05, 4.69) is 4.72 Å². The predicted molar refractivity (Wildman–Crippen MR) is 103 cm³/mol. The molecule has 1 aromatic heterocycles. The standard InChI is InChI=1S/C18H16N2O3S2/c1-12-6-8-13(9-7-12)10-11-25(22,23)20-16-14-4-2-3-5-15(14)24-17(16)18(19)21/h2-11,20H,1H3,(H2,19,21). The zero-order chi connectivity index (χ0) is 18.0. The molecule has 0 aliphatic carbocycles. The fourth-order valence-corrected chi connectivity index (χ4v) is 4.32. The summed E-state index contributed by atoms with van der Waals surface area (Å²) < 4.78 is 28.1. The molecule has 0 spiro atoms. The van der Waals surface area contributed by atoms with Gasteiger partial charge in [0.1, 0.15) is 4.88 Å². The van der Waals surface area contributed by atoms with E-state index in [9.17, 15) is 13.2 Å². The molecule has 0 aliphatic rings. The molecule has 0 aliphatic heterocycles. The third kappa shape index (κ3) is 3.89. The summed E-state index contributed by atoms with van der Waals surface area (Å²) >= 11 is 1.16. The number of carbonyl (C=O) groups excluding carboxylic acids is 1. The zero-order valence-electron chi connectivity index (χ0n) is 13.4. The van der Waals surface area contributed by atoms with Crippen LogP contribution in [0.5, 0.6) is 0 Å². The highest BCUT2D eigenvalue weighted by Crippen LogP contribution is 2.36. The Balaban J connectivity index is 1.95. The van der Waals surface area contributed by atoms with Gasteiger partial charge in [0, 0.05) is 10.1 Å². The van der Waals surface area contributed by atoms with E-state index < -0.39 is 15.9 Å². The van der Waals surface area contributed by atoms with Gasteiger partial charge in [0.2, 0.25) is 0 Å². The molecular weight excluding hydrogens is 356 g/mol. The Morgan fingerprint density at radius 2 is 1.80 bits per heavy atom. The number of hydrogen-bond donors (Lipinski definition) is 2. The molecule has 0 atom stereocenters. The van der Waals surface area contributed by atoms with Crippen LogP contribution < -0.4 is 10.5 Å². The Morgan fingerprint density at radius 3 is 2.48 bits per heavy atom. The maximum Gasteiger partial charge on any atom is 0.260 e. The number of aryl methyl sites for hydroxylation is 1. The Morgan fingerprint density at radius 1 is 1.12 bits per heavy atom. The van der Waals surface area contributed by atoms with Crippen LogP contribution in [0.15, 0.2) is 53.9 Å². The van der Waals surface area contributed by atoms with Crippen LogP contribution in [0.25, 0.3) is 16.2 Å². The quantitative estimate of drug-likeness (QED) is 0.715. The normalized spacial score (nSPS) is 11.9. The molecule has 0 saturated heterocycles. The third-order valence-electron chi connectivity index (χ3n) is 3.58. The minimum Gasteiger partial charge on any atom is -0.365 e. The summed E-state index contributed by atoms with van der Waals surface area (Å²) in [6.45, 7) is 1.96. The number of rotatable bonds is 5. The first kappa shape index (κ1) is 17.2. The van der Waals surface area contributed by atoms with E-state index in [1.54, 1.807) is 12.1 Å². The van der Waals surface area contributed by atoms with Crippen LogP contribution in [0.3, 0.4) is 0 Å². The molecule has 3 aromatic rings. The molecule has 1 amide bonds. The number of anilines is 1. The van der Waals surface area contributed by atoms with Crippen molar-refractivity contribution in [1.82, 2.24) is 0 Å². The zero-order valence-corrected chi connectivity index (χ0v) is 15.0. The average Bonchev–Trinajstić information content (AvgIpc) is 2.93. The largest absolute Gasteiger partial charge is 0.365 e. The van der Waals surface area contributed by atoms with E-state index in [4.69, 9.17) is 5.73 Å². The number of fused-ring (bicyclic) bond motifs is 1. The molecule has 5 nitrogen and oxygen atoms in total. The fourth-order valence-electron chi connectivity index (χ4n) is 2.34. The molecule has 25 heavy (non-hydrogen) atoms. The van der Waals surface area contributed by atoms with Crippen LogP contribution in [-0.4, -0.2) is 14.3 Å². The van der Waals surface area contributed by atoms with Crippen LogP contribution in [0.1, 0.15) is 20.8 Å². The van der Waals surface area contributed by atoms with Crippen molar-refractivity contribution in [3.05, 3.63) is 69.9 Å². The molecule has 0 saturated carbocycles. The molecule has 7 heteroatoms. The summed E-state index contributed by atoms with van der Waals surface area (Å²) in [5.74, 6) is -0.665. The molecule has 0 fully saturated rings. The topological polar surface area (TPSA) is 89.3 Å². The van der Waals surface area contributed by atoms with E-state index in [1.165, 1.54) is 6.08 Å². The summed E-state index contributed by atoms with van der Waals surface area (Å²) in [6.07, 6.45) is 1.50. The Kier molecular flexibility index (Phi) is 4.61. The number of benzene rings is 2. The Bertz CT molecular complexity index is 1070. The van der Waals surface area contributed by atoms with Gasteiger partial charge >= 0.3 is 0 Å². The number of primary amides is 1. The van der Waals surface area contributed by atoms with E-state index in [0.29, 0.717) is 5.39 Å². The maximum atomic E-state index is 12.4. The lowest BCUT2D eigenvalue weighted by atomic mass is 10.2. The lowest BCUT2D eigenvalue weighted by Gasteiger charge is -2.05. The first-order valence-corrected chi connectivity index (χ1v) is 9.81. The highest BCUT2D eigenvalue weighted by Gasteiger charge is 2.19. The molecule has 3 N–H and O–H groups in total. The summed E-state index contributed by atoms with van der Waals surface area (Å²) in [4.78, 5) is 11.9. The number of amides is 1. The van der Waals surface area contributed by atoms with Crippen LogP contribution >= 0.6 is 11.3 Å². The van der Waals surface area contributed by atoms with Crippen molar-refractivity contribution >= 4 is 49.1 Å². The second kappa shape index (κ2) is 6.70. The van der Waals surface area contributed by atoms with E-state index in [1.807, 2.05) is 43.3 Å². The Labute approximate surface area is 149 Å². The van der Waals surface area contributed by atoms with Crippen molar-refractivity contribution < 1.29 is 13.2 Å². The van der Waals surface area contributed by atoms with Gasteiger partial charge in [-0.3, -0.25) is 9.52 Å². The molecule has 3 rings (SSSR count). The maximum absolute atomic E-state index is 12.4. The van der Waals surface area contributed by atoms with Crippen molar-refractivity contribution in [2.24, 2.45) is 5.73 Å². The number of thiophene rings is 1. The van der Waals surface area contributed by atoms with Crippen molar-refractivity contribution in [2.45, 2.75) is 6.92 Å². The second-order valence-electron chi connectivity index (χ2n) is 5.53. The smallest absolute Gasteiger partial charge is 0.260 e. The van der Waals surface area contributed by atoms with Gasteiger partial charge < -0.3 is 5.73 Å². The van der Waals surface area contributed by atoms with Crippen LogP contribution in [-0.2, 0) is 10.0 Å². The Hall–Kier alpha value is -2.64. The van der Waals surface area contributed by atoms with Crippen LogP contribution in [0.4, 0.5) is 5.69 Å². The predicted octanol–water partition coefficient (Wildman–Crippen LogP) is 3.72. The molecule has 0 unspecified atom stereocenters. The van der Waals surface area contributed by atoms with E-state index in [-0.39, 0.29) is 10.6 Å². The number of sulfonamides is 1. The minimum absolute atomic E-state index is 0.188. The van der Waals surface area contributed by atoms with Gasteiger partial charge in [-0.15, -0.1) is 11.3 Å². The van der Waals surface area contributed by atoms with Crippen LogP contribution in [0.2, 0.25) is 0 Å². The fraction of sp³-hybridized carbons (Fsp3) is 0.0556. The molecule has 2 aromatic carbocycles. The first-order valence-electron chi connectivity index (χ1n) is 7.44. The highest BCUT2D eigenvalue weighted by molar-refractivity contribution is 7.95. The van der Waals surface area contributed by atoms with Gasteiger partial charge in [0.15, 0.2) is 0 Å². The van der Waals surface area contributed by atoms with Gasteiger partial charge in [-0.05, 0) is 24.6 Å². The number of nitrogens with one attached hydrogen (secondary N) is 1. The van der Waals surface area contributed by atoms with Crippen molar-refractivity contribution in [3.63, 3.8) is 0 Å². The monoisotopic (exact) mass is 372 g/mol. The van der Waals surface area contributed by atoms with Crippen molar-refractivity contribution in [2.75, 3.05) is 4.72 Å². The van der Waals surface area contributed by atoms with Gasteiger partial charge in [-0.1, -0.05) is 48.0 Å².